The Balaban J connectivity index is 1.82. The van der Waals surface area contributed by atoms with Crippen molar-refractivity contribution in [3.05, 3.63) is 42.1 Å². The molecule has 2 rings (SSSR count). The van der Waals surface area contributed by atoms with Crippen molar-refractivity contribution in [2.45, 2.75) is 13.3 Å². The minimum Gasteiger partial charge on any atom is -0.494 e. The molecular weight excluding hydrogens is 284 g/mol. The molecule has 7 heteroatoms. The van der Waals surface area contributed by atoms with Gasteiger partial charge in [0.15, 0.2) is 0 Å². The van der Waals surface area contributed by atoms with E-state index in [0.29, 0.717) is 12.3 Å². The van der Waals surface area contributed by atoms with E-state index >= 15 is 0 Å². The van der Waals surface area contributed by atoms with E-state index in [1.807, 2.05) is 31.2 Å². The predicted molar refractivity (Wildman–Crippen MR) is 81.9 cm³/mol. The molecule has 0 bridgehead atoms. The quantitative estimate of drug-likeness (QED) is 0.532. The molecule has 0 radical (unpaired) electrons. The van der Waals surface area contributed by atoms with Crippen molar-refractivity contribution in [2.24, 2.45) is 11.0 Å². The number of nitrogens with one attached hydrogen (secondary N) is 3. The maximum atomic E-state index is 11.7. The van der Waals surface area contributed by atoms with Gasteiger partial charge in [-0.15, -0.1) is 0 Å². The average Bonchev–Trinajstić information content (AvgIpc) is 2.81. The fraction of sp³-hybridized carbons (Fsp3) is 0.267. The zero-order chi connectivity index (χ0) is 15.9. The van der Waals surface area contributed by atoms with Gasteiger partial charge in [-0.25, -0.2) is 5.43 Å². The Labute approximate surface area is 128 Å². The van der Waals surface area contributed by atoms with Gasteiger partial charge in [-0.3, -0.25) is 15.0 Å². The molecule has 1 saturated heterocycles. The number of nitrogens with zero attached hydrogens (tertiary/aromatic N) is 1. The van der Waals surface area contributed by atoms with E-state index in [2.05, 4.69) is 28.0 Å². The molecule has 0 unspecified atom stereocenters. The number of carbonyl (C=O) groups is 2. The molecule has 0 aromatic heterocycles. The number of ether oxygens (including phenoxy) is 1. The maximum Gasteiger partial charge on any atom is 0.247 e. The van der Waals surface area contributed by atoms with Crippen molar-refractivity contribution in [1.29, 1.82) is 0 Å². The standard InChI is InChI=1S/C15H18N4O3/c1-3-22-12-6-4-11(5-7-12)9-16-18-14(20)8-13-10(2)17-19-15(13)21/h4-7,9,13,17H,2-3,8H2,1H3,(H,18,20)(H,19,21)/t13-/m1/s1. The van der Waals surface area contributed by atoms with E-state index in [9.17, 15) is 9.59 Å². The molecule has 2 amide bonds. The first-order valence-electron chi connectivity index (χ1n) is 6.89. The molecule has 7 nitrogen and oxygen atoms in total. The van der Waals surface area contributed by atoms with Gasteiger partial charge in [0.2, 0.25) is 11.8 Å². The van der Waals surface area contributed by atoms with Crippen LogP contribution in [-0.2, 0) is 9.59 Å². The third-order valence-electron chi connectivity index (χ3n) is 3.07. The van der Waals surface area contributed by atoms with E-state index in [4.69, 9.17) is 4.74 Å². The summed E-state index contributed by atoms with van der Waals surface area (Å²) in [6, 6.07) is 7.31. The highest BCUT2D eigenvalue weighted by atomic mass is 16.5. The SMILES string of the molecule is C=C1NNC(=O)[C@@H]1CC(=O)NN=Cc1ccc(OCC)cc1. The van der Waals surface area contributed by atoms with E-state index in [-0.39, 0.29) is 18.2 Å². The van der Waals surface area contributed by atoms with Crippen LogP contribution in [0.1, 0.15) is 18.9 Å². The summed E-state index contributed by atoms with van der Waals surface area (Å²) >= 11 is 0. The first-order valence-corrected chi connectivity index (χ1v) is 6.89. The summed E-state index contributed by atoms with van der Waals surface area (Å²) in [6.45, 7) is 6.19. The van der Waals surface area contributed by atoms with Gasteiger partial charge in [-0.2, -0.15) is 5.10 Å². The second-order valence-electron chi connectivity index (χ2n) is 4.69. The van der Waals surface area contributed by atoms with Gasteiger partial charge in [0.05, 0.1) is 18.7 Å². The minimum atomic E-state index is -0.569. The highest BCUT2D eigenvalue weighted by molar-refractivity contribution is 5.90. The van der Waals surface area contributed by atoms with Crippen molar-refractivity contribution >= 4 is 18.0 Å². The van der Waals surface area contributed by atoms with Gasteiger partial charge in [0.25, 0.3) is 0 Å². The summed E-state index contributed by atoms with van der Waals surface area (Å²) < 4.78 is 5.33. The highest BCUT2D eigenvalue weighted by Crippen LogP contribution is 2.15. The van der Waals surface area contributed by atoms with Gasteiger partial charge in [0, 0.05) is 12.1 Å². The van der Waals surface area contributed by atoms with Gasteiger partial charge in [0.1, 0.15) is 5.75 Å². The number of amides is 2. The average molecular weight is 302 g/mol. The van der Waals surface area contributed by atoms with E-state index in [1.165, 1.54) is 6.21 Å². The van der Waals surface area contributed by atoms with Gasteiger partial charge < -0.3 is 10.2 Å². The molecule has 116 valence electrons. The van der Waals surface area contributed by atoms with Crippen molar-refractivity contribution in [3.63, 3.8) is 0 Å². The Kier molecular flexibility index (Phi) is 5.13. The van der Waals surface area contributed by atoms with E-state index in [0.717, 1.165) is 11.3 Å². The molecule has 1 aromatic carbocycles. The second-order valence-corrected chi connectivity index (χ2v) is 4.69. The van der Waals surface area contributed by atoms with E-state index in [1.54, 1.807) is 0 Å². The molecule has 1 heterocycles. The Bertz CT molecular complexity index is 579. The monoisotopic (exact) mass is 302 g/mol. The zero-order valence-electron chi connectivity index (χ0n) is 12.3. The summed E-state index contributed by atoms with van der Waals surface area (Å²) in [5.41, 5.74) is 8.70. The summed E-state index contributed by atoms with van der Waals surface area (Å²) in [5, 5.41) is 3.86. The van der Waals surface area contributed by atoms with Crippen LogP contribution >= 0.6 is 0 Å². The maximum absolute atomic E-state index is 11.7. The number of benzene rings is 1. The van der Waals surface area contributed by atoms with Crippen LogP contribution < -0.4 is 21.0 Å². The lowest BCUT2D eigenvalue weighted by molar-refractivity contribution is -0.127. The number of hydrazine groups is 1. The molecule has 1 atom stereocenters. The van der Waals surface area contributed by atoms with Crippen LogP contribution in [-0.4, -0.2) is 24.6 Å². The normalized spacial score (nSPS) is 17.2. The van der Waals surface area contributed by atoms with Crippen molar-refractivity contribution in [1.82, 2.24) is 16.3 Å². The fourth-order valence-electron chi connectivity index (χ4n) is 1.92. The summed E-state index contributed by atoms with van der Waals surface area (Å²) in [4.78, 5) is 23.2. The first-order chi connectivity index (χ1) is 10.6. The summed E-state index contributed by atoms with van der Waals surface area (Å²) in [7, 11) is 0. The number of hydrogen-bond donors (Lipinski definition) is 3. The lowest BCUT2D eigenvalue weighted by atomic mass is 10.0. The molecule has 1 aliphatic rings. The molecular formula is C15H18N4O3. The van der Waals surface area contributed by atoms with Crippen molar-refractivity contribution < 1.29 is 14.3 Å². The number of hydrazone groups is 1. The van der Waals surface area contributed by atoms with Crippen LogP contribution in [0.4, 0.5) is 0 Å². The van der Waals surface area contributed by atoms with Gasteiger partial charge in [-0.1, -0.05) is 6.58 Å². The second kappa shape index (κ2) is 7.26. The Morgan fingerprint density at radius 1 is 1.41 bits per heavy atom. The third-order valence-corrected chi connectivity index (χ3v) is 3.07. The lowest BCUT2D eigenvalue weighted by Gasteiger charge is -2.05. The van der Waals surface area contributed by atoms with E-state index < -0.39 is 5.92 Å². The van der Waals surface area contributed by atoms with Crippen LogP contribution in [0.3, 0.4) is 0 Å². The molecule has 1 aliphatic heterocycles. The molecule has 1 fully saturated rings. The van der Waals surface area contributed by atoms with Gasteiger partial charge in [-0.05, 0) is 36.8 Å². The van der Waals surface area contributed by atoms with Crippen molar-refractivity contribution in [3.8, 4) is 5.75 Å². The third kappa shape index (κ3) is 4.08. The van der Waals surface area contributed by atoms with Crippen LogP contribution in [0, 0.1) is 5.92 Å². The predicted octanol–water partition coefficient (Wildman–Crippen LogP) is 0.690. The minimum absolute atomic E-state index is 0.00170. The number of rotatable bonds is 6. The van der Waals surface area contributed by atoms with Crippen LogP contribution in [0.25, 0.3) is 0 Å². The topological polar surface area (TPSA) is 91.8 Å². The lowest BCUT2D eigenvalue weighted by Crippen LogP contribution is -2.27. The molecule has 0 spiro atoms. The zero-order valence-corrected chi connectivity index (χ0v) is 12.3. The van der Waals surface area contributed by atoms with Crippen molar-refractivity contribution in [2.75, 3.05) is 6.61 Å². The highest BCUT2D eigenvalue weighted by Gasteiger charge is 2.29. The van der Waals surface area contributed by atoms with Crippen LogP contribution in [0.5, 0.6) is 5.75 Å². The fourth-order valence-corrected chi connectivity index (χ4v) is 1.92. The Morgan fingerprint density at radius 3 is 2.73 bits per heavy atom. The van der Waals surface area contributed by atoms with Crippen LogP contribution in [0.15, 0.2) is 41.6 Å². The largest absolute Gasteiger partial charge is 0.494 e. The molecule has 0 aliphatic carbocycles. The molecule has 3 N–H and O–H groups in total. The summed E-state index contributed by atoms with van der Waals surface area (Å²) in [6.07, 6.45) is 1.52. The molecule has 1 aromatic rings. The Morgan fingerprint density at radius 2 is 2.14 bits per heavy atom. The van der Waals surface area contributed by atoms with Gasteiger partial charge >= 0.3 is 0 Å². The number of carbonyl (C=O) groups excluding carboxylic acids is 2. The molecule has 0 saturated carbocycles. The number of hydrogen-bond acceptors (Lipinski definition) is 5. The smallest absolute Gasteiger partial charge is 0.247 e. The Hall–Kier alpha value is -2.83. The molecule has 22 heavy (non-hydrogen) atoms. The van der Waals surface area contributed by atoms with Crippen LogP contribution in [0.2, 0.25) is 0 Å². The first kappa shape index (κ1) is 15.6. The summed E-state index contributed by atoms with van der Waals surface area (Å²) in [5.74, 6) is -0.412.